The van der Waals surface area contributed by atoms with Crippen LogP contribution in [0.15, 0.2) is 24.3 Å². The number of hydrogen-bond donors (Lipinski definition) is 0. The van der Waals surface area contributed by atoms with Gasteiger partial charge in [0.15, 0.2) is 0 Å². The fourth-order valence-electron chi connectivity index (χ4n) is 0.876. The molecule has 2 rings (SSSR count). The summed E-state index contributed by atoms with van der Waals surface area (Å²) < 4.78 is 10.3. The molecule has 0 aliphatic carbocycles. The molecule has 0 saturated carbocycles. The number of benzene rings is 1. The highest BCUT2D eigenvalue weighted by atomic mass is 16.8. The van der Waals surface area contributed by atoms with E-state index in [1.807, 2.05) is 24.3 Å². The summed E-state index contributed by atoms with van der Waals surface area (Å²) in [4.78, 5) is 0. The van der Waals surface area contributed by atoms with Gasteiger partial charge in [-0.3, -0.25) is 0 Å². The topological polar surface area (TPSA) is 21.8 Å². The van der Waals surface area contributed by atoms with Gasteiger partial charge in [0.1, 0.15) is 12.4 Å². The van der Waals surface area contributed by atoms with Crippen LogP contribution in [0.5, 0.6) is 5.75 Å². The molecular formula is C9H10O2. The first-order valence-corrected chi connectivity index (χ1v) is 3.69. The normalized spacial score (nSPS) is 21.4. The molecule has 0 bridgehead atoms. The van der Waals surface area contributed by atoms with Crippen molar-refractivity contribution in [3.63, 3.8) is 0 Å². The van der Waals surface area contributed by atoms with E-state index in [1.54, 1.807) is 0 Å². The van der Waals surface area contributed by atoms with E-state index in [-0.39, 0.29) is 6.29 Å². The lowest BCUT2D eigenvalue weighted by molar-refractivity contribution is 0.179. The molecular weight excluding hydrogens is 140 g/mol. The van der Waals surface area contributed by atoms with Crippen LogP contribution in [0.1, 0.15) is 5.56 Å². The van der Waals surface area contributed by atoms with Crippen LogP contribution in [-0.2, 0) is 4.74 Å². The minimum Gasteiger partial charge on any atom is -0.462 e. The predicted molar refractivity (Wildman–Crippen MR) is 41.5 cm³/mol. The average molecular weight is 150 g/mol. The minimum absolute atomic E-state index is 0.0118. The summed E-state index contributed by atoms with van der Waals surface area (Å²) in [6, 6.07) is 7.96. The number of ether oxygens (including phenoxy) is 2. The van der Waals surface area contributed by atoms with Crippen molar-refractivity contribution in [2.24, 2.45) is 0 Å². The van der Waals surface area contributed by atoms with Gasteiger partial charge in [-0.15, -0.1) is 0 Å². The maximum absolute atomic E-state index is 5.36. The number of epoxide rings is 1. The van der Waals surface area contributed by atoms with Crippen LogP contribution in [0.2, 0.25) is 0 Å². The number of aryl methyl sites for hydroxylation is 1. The van der Waals surface area contributed by atoms with Crippen molar-refractivity contribution < 1.29 is 9.47 Å². The molecule has 0 unspecified atom stereocenters. The zero-order chi connectivity index (χ0) is 7.68. The summed E-state index contributed by atoms with van der Waals surface area (Å²) in [6.45, 7) is 2.78. The molecule has 1 atom stereocenters. The molecule has 58 valence electrons. The first kappa shape index (κ1) is 6.68. The average Bonchev–Trinajstić information content (AvgIpc) is 2.78. The van der Waals surface area contributed by atoms with Gasteiger partial charge in [0.05, 0.1) is 0 Å². The van der Waals surface area contributed by atoms with Crippen molar-refractivity contribution in [1.82, 2.24) is 0 Å². The van der Waals surface area contributed by atoms with Crippen molar-refractivity contribution in [2.45, 2.75) is 13.2 Å². The maximum Gasteiger partial charge on any atom is 0.223 e. The Balaban J connectivity index is 2.06. The Hall–Kier alpha value is -1.02. The van der Waals surface area contributed by atoms with E-state index in [9.17, 15) is 0 Å². The molecule has 1 aromatic rings. The summed E-state index contributed by atoms with van der Waals surface area (Å²) in [6.07, 6.45) is 0.0118. The van der Waals surface area contributed by atoms with Crippen LogP contribution in [0.3, 0.4) is 0 Å². The van der Waals surface area contributed by atoms with Gasteiger partial charge in [-0.25, -0.2) is 0 Å². The summed E-state index contributed by atoms with van der Waals surface area (Å²) >= 11 is 0. The molecule has 1 heterocycles. The summed E-state index contributed by atoms with van der Waals surface area (Å²) in [5, 5.41) is 0. The molecule has 1 saturated heterocycles. The number of rotatable bonds is 2. The predicted octanol–water partition coefficient (Wildman–Crippen LogP) is 1.73. The maximum atomic E-state index is 5.36. The Bertz CT molecular complexity index is 236. The lowest BCUT2D eigenvalue weighted by Crippen LogP contribution is -1.96. The van der Waals surface area contributed by atoms with Crippen LogP contribution in [0.25, 0.3) is 0 Å². The Morgan fingerprint density at radius 1 is 1.36 bits per heavy atom. The van der Waals surface area contributed by atoms with E-state index in [0.717, 1.165) is 12.4 Å². The van der Waals surface area contributed by atoms with E-state index >= 15 is 0 Å². The van der Waals surface area contributed by atoms with Crippen molar-refractivity contribution in [3.05, 3.63) is 29.8 Å². The third kappa shape index (κ3) is 1.71. The molecule has 0 aromatic heterocycles. The third-order valence-corrected chi connectivity index (χ3v) is 1.59. The monoisotopic (exact) mass is 150 g/mol. The van der Waals surface area contributed by atoms with Crippen molar-refractivity contribution in [1.29, 1.82) is 0 Å². The van der Waals surface area contributed by atoms with Crippen LogP contribution in [0.4, 0.5) is 0 Å². The molecule has 1 aliphatic heterocycles. The Labute approximate surface area is 65.7 Å². The minimum atomic E-state index is 0.0118. The third-order valence-electron chi connectivity index (χ3n) is 1.59. The zero-order valence-electron chi connectivity index (χ0n) is 6.41. The molecule has 0 amide bonds. The standard InChI is InChI=1S/C9H10O2/c1-7-2-4-8(5-3-7)11-9-6-10-9/h2-5,9H,6H2,1H3/t9-/m0/s1. The fraction of sp³-hybridized carbons (Fsp3) is 0.333. The molecule has 1 aromatic carbocycles. The van der Waals surface area contributed by atoms with Gasteiger partial charge in [0.2, 0.25) is 6.29 Å². The lowest BCUT2D eigenvalue weighted by Gasteiger charge is -2.00. The van der Waals surface area contributed by atoms with E-state index in [4.69, 9.17) is 9.47 Å². The highest BCUT2D eigenvalue weighted by Gasteiger charge is 2.24. The summed E-state index contributed by atoms with van der Waals surface area (Å²) in [5.41, 5.74) is 1.24. The second-order valence-electron chi connectivity index (χ2n) is 2.69. The molecule has 0 radical (unpaired) electrons. The van der Waals surface area contributed by atoms with Gasteiger partial charge < -0.3 is 9.47 Å². The molecule has 0 spiro atoms. The van der Waals surface area contributed by atoms with E-state index < -0.39 is 0 Å². The molecule has 2 heteroatoms. The summed E-state index contributed by atoms with van der Waals surface area (Å²) in [7, 11) is 0. The first-order valence-electron chi connectivity index (χ1n) is 3.69. The first-order chi connectivity index (χ1) is 5.34. The second-order valence-corrected chi connectivity index (χ2v) is 2.69. The number of hydrogen-bond acceptors (Lipinski definition) is 2. The molecule has 2 nitrogen and oxygen atoms in total. The molecule has 11 heavy (non-hydrogen) atoms. The van der Waals surface area contributed by atoms with Gasteiger partial charge >= 0.3 is 0 Å². The highest BCUT2D eigenvalue weighted by Crippen LogP contribution is 2.18. The molecule has 1 fully saturated rings. The SMILES string of the molecule is Cc1ccc(O[C@H]2CO2)cc1. The summed E-state index contributed by atoms with van der Waals surface area (Å²) in [5.74, 6) is 0.887. The largest absolute Gasteiger partial charge is 0.462 e. The van der Waals surface area contributed by atoms with Gasteiger partial charge in [-0.2, -0.15) is 0 Å². The Kier molecular flexibility index (Phi) is 1.55. The van der Waals surface area contributed by atoms with Gasteiger partial charge in [-0.1, -0.05) is 17.7 Å². The van der Waals surface area contributed by atoms with Gasteiger partial charge in [0.25, 0.3) is 0 Å². The van der Waals surface area contributed by atoms with Crippen LogP contribution >= 0.6 is 0 Å². The molecule has 1 aliphatic rings. The Morgan fingerprint density at radius 2 is 2.00 bits per heavy atom. The smallest absolute Gasteiger partial charge is 0.223 e. The van der Waals surface area contributed by atoms with Crippen molar-refractivity contribution in [3.8, 4) is 5.75 Å². The zero-order valence-corrected chi connectivity index (χ0v) is 6.41. The lowest BCUT2D eigenvalue weighted by atomic mass is 10.2. The Morgan fingerprint density at radius 3 is 2.55 bits per heavy atom. The highest BCUT2D eigenvalue weighted by molar-refractivity contribution is 5.26. The fourth-order valence-corrected chi connectivity index (χ4v) is 0.876. The van der Waals surface area contributed by atoms with Crippen molar-refractivity contribution >= 4 is 0 Å². The second kappa shape index (κ2) is 2.55. The molecule has 0 N–H and O–H groups in total. The van der Waals surface area contributed by atoms with Gasteiger partial charge in [0, 0.05) is 0 Å². The van der Waals surface area contributed by atoms with E-state index in [2.05, 4.69) is 6.92 Å². The van der Waals surface area contributed by atoms with Gasteiger partial charge in [-0.05, 0) is 19.1 Å². The van der Waals surface area contributed by atoms with Crippen LogP contribution in [-0.4, -0.2) is 12.9 Å². The quantitative estimate of drug-likeness (QED) is 0.599. The van der Waals surface area contributed by atoms with Crippen LogP contribution < -0.4 is 4.74 Å². The van der Waals surface area contributed by atoms with Crippen LogP contribution in [0, 0.1) is 6.92 Å². The van der Waals surface area contributed by atoms with E-state index in [1.165, 1.54) is 5.56 Å². The van der Waals surface area contributed by atoms with E-state index in [0.29, 0.717) is 0 Å². The van der Waals surface area contributed by atoms with Crippen molar-refractivity contribution in [2.75, 3.05) is 6.61 Å².